The molecule has 1 heterocycles. The number of amides is 1. The summed E-state index contributed by atoms with van der Waals surface area (Å²) in [6, 6.07) is 11.6. The number of hydrogen-bond acceptors (Lipinski definition) is 4. The van der Waals surface area contributed by atoms with E-state index in [9.17, 15) is 13.2 Å². The molecule has 2 aromatic rings. The van der Waals surface area contributed by atoms with E-state index < -0.39 is 10.0 Å². The normalized spacial score (nSPS) is 15.8. The quantitative estimate of drug-likeness (QED) is 0.675. The van der Waals surface area contributed by atoms with Crippen molar-refractivity contribution in [3.8, 4) is 0 Å². The highest BCUT2D eigenvalue weighted by Crippen LogP contribution is 2.25. The van der Waals surface area contributed by atoms with Crippen LogP contribution in [0.2, 0.25) is 5.02 Å². The molecule has 8 heteroatoms. The Morgan fingerprint density at radius 3 is 2.29 bits per heavy atom. The van der Waals surface area contributed by atoms with Gasteiger partial charge in [-0.05, 0) is 61.6 Å². The topological polar surface area (TPSA) is 66.5 Å². The van der Waals surface area contributed by atoms with Crippen molar-refractivity contribution in [1.29, 1.82) is 0 Å². The van der Waals surface area contributed by atoms with Gasteiger partial charge in [-0.3, -0.25) is 4.79 Å². The number of anilines is 1. The first-order valence-electron chi connectivity index (χ1n) is 9.17. The summed E-state index contributed by atoms with van der Waals surface area (Å²) in [7, 11) is -3.50. The van der Waals surface area contributed by atoms with Gasteiger partial charge in [0, 0.05) is 23.7 Å². The van der Waals surface area contributed by atoms with Crippen molar-refractivity contribution in [2.75, 3.05) is 24.7 Å². The zero-order chi connectivity index (χ0) is 20.1. The molecule has 0 spiro atoms. The molecule has 0 saturated carbocycles. The number of nitrogens with one attached hydrogen (secondary N) is 1. The zero-order valence-corrected chi connectivity index (χ0v) is 18.0. The summed E-state index contributed by atoms with van der Waals surface area (Å²) >= 11 is 7.67. The van der Waals surface area contributed by atoms with Crippen LogP contribution in [0.15, 0.2) is 52.3 Å². The van der Waals surface area contributed by atoms with Crippen molar-refractivity contribution in [2.45, 2.75) is 35.5 Å². The summed E-state index contributed by atoms with van der Waals surface area (Å²) in [5, 5.41) is 3.15. The van der Waals surface area contributed by atoms with Gasteiger partial charge in [0.05, 0.1) is 15.5 Å². The second-order valence-corrected chi connectivity index (χ2v) is 9.87. The van der Waals surface area contributed by atoms with E-state index in [0.29, 0.717) is 29.4 Å². The summed E-state index contributed by atoms with van der Waals surface area (Å²) in [6.45, 7) is 1.12. The monoisotopic (exact) mass is 438 g/mol. The third-order valence-corrected chi connectivity index (χ3v) is 7.70. The van der Waals surface area contributed by atoms with Gasteiger partial charge in [-0.15, -0.1) is 11.8 Å². The van der Waals surface area contributed by atoms with Crippen molar-refractivity contribution in [2.24, 2.45) is 0 Å². The van der Waals surface area contributed by atoms with E-state index >= 15 is 0 Å². The lowest BCUT2D eigenvalue weighted by Gasteiger charge is -2.20. The van der Waals surface area contributed by atoms with E-state index in [0.717, 1.165) is 30.6 Å². The number of sulfonamides is 1. The molecule has 1 aliphatic heterocycles. The molecule has 1 saturated heterocycles. The second-order valence-electron chi connectivity index (χ2n) is 6.64. The summed E-state index contributed by atoms with van der Waals surface area (Å²) in [5.41, 5.74) is 0.903. The first-order valence-corrected chi connectivity index (χ1v) is 12.2. The van der Waals surface area contributed by atoms with Gasteiger partial charge in [0.1, 0.15) is 0 Å². The number of hydrogen-bond donors (Lipinski definition) is 1. The molecule has 5 nitrogen and oxygen atoms in total. The molecular weight excluding hydrogens is 416 g/mol. The highest BCUT2D eigenvalue weighted by molar-refractivity contribution is 7.98. The first-order chi connectivity index (χ1) is 13.4. The number of carbonyl (C=O) groups excluding carboxylic acids is 1. The summed E-state index contributed by atoms with van der Waals surface area (Å²) in [6.07, 6.45) is 5.84. The van der Waals surface area contributed by atoms with Crippen molar-refractivity contribution in [3.05, 3.63) is 53.1 Å². The number of halogens is 1. The fourth-order valence-electron chi connectivity index (χ4n) is 3.15. The van der Waals surface area contributed by atoms with E-state index in [2.05, 4.69) is 5.32 Å². The third kappa shape index (κ3) is 4.89. The van der Waals surface area contributed by atoms with Gasteiger partial charge in [-0.2, -0.15) is 4.31 Å². The maximum Gasteiger partial charge on any atom is 0.257 e. The average molecular weight is 439 g/mol. The molecule has 0 aliphatic carbocycles. The second kappa shape index (κ2) is 9.31. The van der Waals surface area contributed by atoms with E-state index in [1.807, 2.05) is 12.3 Å². The lowest BCUT2D eigenvalue weighted by molar-refractivity contribution is 0.102. The van der Waals surface area contributed by atoms with Gasteiger partial charge in [0.15, 0.2) is 0 Å². The average Bonchev–Trinajstić information content (AvgIpc) is 2.99. The maximum absolute atomic E-state index is 12.8. The van der Waals surface area contributed by atoms with Crippen LogP contribution in [-0.2, 0) is 10.0 Å². The minimum Gasteiger partial charge on any atom is -0.322 e. The Morgan fingerprint density at radius 1 is 1.04 bits per heavy atom. The Kier molecular flexibility index (Phi) is 7.04. The molecule has 2 aromatic carbocycles. The Labute approximate surface area is 175 Å². The molecule has 0 atom stereocenters. The van der Waals surface area contributed by atoms with Crippen molar-refractivity contribution < 1.29 is 13.2 Å². The largest absolute Gasteiger partial charge is 0.322 e. The van der Waals surface area contributed by atoms with E-state index in [-0.39, 0.29) is 10.8 Å². The molecule has 1 N–H and O–H groups in total. The number of rotatable bonds is 5. The van der Waals surface area contributed by atoms with Crippen LogP contribution in [0.3, 0.4) is 0 Å². The highest BCUT2D eigenvalue weighted by Gasteiger charge is 2.25. The Hall–Kier alpha value is -1.54. The van der Waals surface area contributed by atoms with Crippen molar-refractivity contribution in [1.82, 2.24) is 4.31 Å². The number of carbonyl (C=O) groups is 1. The number of benzene rings is 2. The minimum atomic E-state index is -3.50. The van der Waals surface area contributed by atoms with E-state index in [1.54, 1.807) is 28.6 Å². The van der Waals surface area contributed by atoms with Crippen LogP contribution in [0.4, 0.5) is 5.69 Å². The maximum atomic E-state index is 12.8. The fourth-order valence-corrected chi connectivity index (χ4v) is 5.31. The van der Waals surface area contributed by atoms with Crippen molar-refractivity contribution in [3.63, 3.8) is 0 Å². The highest BCUT2D eigenvalue weighted by atomic mass is 35.5. The SMILES string of the molecule is CSc1ccc(Cl)c(C(=O)Nc2ccc(S(=O)(=O)N3CCCCCC3)cc2)c1. The van der Waals surface area contributed by atoms with Gasteiger partial charge in [0.2, 0.25) is 10.0 Å². The number of nitrogens with zero attached hydrogens (tertiary/aromatic N) is 1. The zero-order valence-electron chi connectivity index (χ0n) is 15.7. The first kappa shape index (κ1) is 21.2. The summed E-state index contributed by atoms with van der Waals surface area (Å²) in [4.78, 5) is 13.7. The molecule has 0 aromatic heterocycles. The van der Waals surface area contributed by atoms with Crippen LogP contribution >= 0.6 is 23.4 Å². The molecule has 3 rings (SSSR count). The predicted molar refractivity (Wildman–Crippen MR) is 115 cm³/mol. The molecule has 1 amide bonds. The smallest absolute Gasteiger partial charge is 0.257 e. The molecule has 150 valence electrons. The van der Waals surface area contributed by atoms with Crippen LogP contribution < -0.4 is 5.32 Å². The Balaban J connectivity index is 1.75. The summed E-state index contributed by atoms with van der Waals surface area (Å²) in [5.74, 6) is -0.330. The lowest BCUT2D eigenvalue weighted by Crippen LogP contribution is -2.31. The summed E-state index contributed by atoms with van der Waals surface area (Å²) < 4.78 is 27.2. The third-order valence-electron chi connectivity index (χ3n) is 4.73. The van der Waals surface area contributed by atoms with E-state index in [1.165, 1.54) is 23.9 Å². The predicted octanol–water partition coefficient (Wildman–Crippen LogP) is 4.88. The fraction of sp³-hybridized carbons (Fsp3) is 0.350. The van der Waals surface area contributed by atoms with Gasteiger partial charge >= 0.3 is 0 Å². The van der Waals surface area contributed by atoms with Crippen LogP contribution in [0.1, 0.15) is 36.0 Å². The Morgan fingerprint density at radius 2 is 1.68 bits per heavy atom. The minimum absolute atomic E-state index is 0.245. The Bertz CT molecular complexity index is 938. The number of thioether (sulfide) groups is 1. The van der Waals surface area contributed by atoms with Crippen molar-refractivity contribution >= 4 is 45.0 Å². The molecule has 1 fully saturated rings. The molecule has 1 aliphatic rings. The van der Waals surface area contributed by atoms with Gasteiger partial charge in [-0.25, -0.2) is 8.42 Å². The van der Waals surface area contributed by atoms with Gasteiger partial charge in [-0.1, -0.05) is 24.4 Å². The molecule has 0 unspecified atom stereocenters. The molecular formula is C20H23ClN2O3S2. The standard InChI is InChI=1S/C20H23ClN2O3S2/c1-27-16-8-11-19(21)18(14-16)20(24)22-15-6-9-17(10-7-15)28(25,26)23-12-4-2-3-5-13-23/h6-11,14H,2-5,12-13H2,1H3,(H,22,24). The van der Waals surface area contributed by atoms with Crippen LogP contribution in [0.25, 0.3) is 0 Å². The van der Waals surface area contributed by atoms with Gasteiger partial charge in [0.25, 0.3) is 5.91 Å². The van der Waals surface area contributed by atoms with Gasteiger partial charge < -0.3 is 5.32 Å². The molecule has 0 radical (unpaired) electrons. The lowest BCUT2D eigenvalue weighted by atomic mass is 10.2. The van der Waals surface area contributed by atoms with Crippen LogP contribution in [-0.4, -0.2) is 38.0 Å². The van der Waals surface area contributed by atoms with Crippen LogP contribution in [0.5, 0.6) is 0 Å². The molecule has 28 heavy (non-hydrogen) atoms. The van der Waals surface area contributed by atoms with Crippen LogP contribution in [0, 0.1) is 0 Å². The van der Waals surface area contributed by atoms with E-state index in [4.69, 9.17) is 11.6 Å². The molecule has 0 bridgehead atoms.